The Balaban J connectivity index is 2.74. The molecule has 0 aliphatic rings. The summed E-state index contributed by atoms with van der Waals surface area (Å²) in [6.45, 7) is 11.8. The van der Waals surface area contributed by atoms with E-state index in [1.165, 1.54) is 0 Å². The number of nitrogens with zero attached hydrogens (tertiary/aromatic N) is 1. The van der Waals surface area contributed by atoms with Crippen molar-refractivity contribution in [3.8, 4) is 0 Å². The summed E-state index contributed by atoms with van der Waals surface area (Å²) < 4.78 is 11.3. The molecule has 0 bridgehead atoms. The number of aromatic nitrogens is 1. The Hall–Kier alpha value is -0.490. The molecule has 0 aromatic carbocycles. The van der Waals surface area contributed by atoms with Crippen molar-refractivity contribution in [2.24, 2.45) is 0 Å². The van der Waals surface area contributed by atoms with E-state index < -0.39 is 0 Å². The minimum atomic E-state index is -0.225. The fraction of sp³-hybridized carbons (Fsp3) is 0.800. The molecule has 0 aliphatic heterocycles. The van der Waals surface area contributed by atoms with Gasteiger partial charge in [-0.15, -0.1) is 11.3 Å². The molecule has 1 aromatic rings. The van der Waals surface area contributed by atoms with Gasteiger partial charge in [0, 0.05) is 30.4 Å². The van der Waals surface area contributed by atoms with Gasteiger partial charge in [-0.2, -0.15) is 0 Å². The van der Waals surface area contributed by atoms with Crippen molar-refractivity contribution in [1.82, 2.24) is 10.3 Å². The maximum atomic E-state index is 5.67. The van der Waals surface area contributed by atoms with Crippen LogP contribution in [-0.2, 0) is 21.3 Å². The van der Waals surface area contributed by atoms with E-state index in [0.717, 1.165) is 17.1 Å². The molecule has 1 aromatic heterocycles. The molecule has 5 heteroatoms. The lowest BCUT2D eigenvalue weighted by molar-refractivity contribution is -0.152. The first-order valence-electron chi connectivity index (χ1n) is 7.27. The highest BCUT2D eigenvalue weighted by Crippen LogP contribution is 2.24. The van der Waals surface area contributed by atoms with Crippen LogP contribution in [0.25, 0.3) is 0 Å². The molecule has 1 atom stereocenters. The Morgan fingerprint density at radius 2 is 1.85 bits per heavy atom. The van der Waals surface area contributed by atoms with Crippen molar-refractivity contribution in [3.05, 3.63) is 16.1 Å². The molecule has 0 aliphatic carbocycles. The van der Waals surface area contributed by atoms with Crippen LogP contribution >= 0.6 is 11.3 Å². The van der Waals surface area contributed by atoms with Gasteiger partial charge < -0.3 is 14.8 Å². The first-order chi connectivity index (χ1) is 9.42. The smallest absolute Gasteiger partial charge is 0.173 e. The Labute approximate surface area is 126 Å². The van der Waals surface area contributed by atoms with Gasteiger partial charge in [0.1, 0.15) is 0 Å². The van der Waals surface area contributed by atoms with Crippen LogP contribution in [0.1, 0.15) is 45.3 Å². The third kappa shape index (κ3) is 5.13. The highest BCUT2D eigenvalue weighted by Gasteiger charge is 2.24. The van der Waals surface area contributed by atoms with Crippen LogP contribution in [0.4, 0.5) is 0 Å². The highest BCUT2D eigenvalue weighted by molar-refractivity contribution is 7.09. The van der Waals surface area contributed by atoms with Crippen LogP contribution in [0.2, 0.25) is 0 Å². The molecule has 20 heavy (non-hydrogen) atoms. The third-order valence-electron chi connectivity index (χ3n) is 3.08. The zero-order valence-electron chi connectivity index (χ0n) is 13.5. The lowest BCUT2D eigenvalue weighted by Gasteiger charge is -2.25. The van der Waals surface area contributed by atoms with Gasteiger partial charge in [-0.05, 0) is 20.9 Å². The SMILES string of the molecule is CCOC(OCC)C(Cc1nc(C(C)(C)C)cs1)NC. The van der Waals surface area contributed by atoms with Gasteiger partial charge in [-0.3, -0.25) is 0 Å². The monoisotopic (exact) mass is 300 g/mol. The topological polar surface area (TPSA) is 43.4 Å². The minimum absolute atomic E-state index is 0.100. The molecular formula is C15H28N2O2S. The predicted octanol–water partition coefficient (Wildman–Crippen LogP) is 2.97. The molecule has 0 saturated heterocycles. The molecule has 0 fully saturated rings. The normalized spacial score (nSPS) is 13.9. The molecule has 4 nitrogen and oxygen atoms in total. The summed E-state index contributed by atoms with van der Waals surface area (Å²) in [7, 11) is 1.94. The molecule has 1 N–H and O–H groups in total. The summed E-state index contributed by atoms with van der Waals surface area (Å²) in [6, 6.07) is 0.119. The average molecular weight is 300 g/mol. The summed E-state index contributed by atoms with van der Waals surface area (Å²) in [6.07, 6.45) is 0.596. The quantitative estimate of drug-likeness (QED) is 0.750. The van der Waals surface area contributed by atoms with Gasteiger partial charge in [0.2, 0.25) is 0 Å². The lowest BCUT2D eigenvalue weighted by Crippen LogP contribution is -2.43. The van der Waals surface area contributed by atoms with E-state index in [1.54, 1.807) is 11.3 Å². The van der Waals surface area contributed by atoms with Crippen LogP contribution < -0.4 is 5.32 Å². The van der Waals surface area contributed by atoms with E-state index in [9.17, 15) is 0 Å². The number of ether oxygens (including phenoxy) is 2. The fourth-order valence-corrected chi connectivity index (χ4v) is 2.96. The van der Waals surface area contributed by atoms with Crippen molar-refractivity contribution in [3.63, 3.8) is 0 Å². The molecular weight excluding hydrogens is 272 g/mol. The molecule has 0 radical (unpaired) electrons. The maximum absolute atomic E-state index is 5.67. The summed E-state index contributed by atoms with van der Waals surface area (Å²) in [5.41, 5.74) is 1.25. The molecule has 1 heterocycles. The second-order valence-corrected chi connectivity index (χ2v) is 6.70. The van der Waals surface area contributed by atoms with E-state index >= 15 is 0 Å². The van der Waals surface area contributed by atoms with E-state index in [4.69, 9.17) is 14.5 Å². The van der Waals surface area contributed by atoms with Gasteiger partial charge in [0.05, 0.1) is 16.7 Å². The van der Waals surface area contributed by atoms with E-state index in [2.05, 4.69) is 31.5 Å². The third-order valence-corrected chi connectivity index (χ3v) is 3.95. The number of nitrogens with one attached hydrogen (secondary N) is 1. The largest absolute Gasteiger partial charge is 0.351 e. The summed E-state index contributed by atoms with van der Waals surface area (Å²) in [5, 5.41) is 6.56. The Morgan fingerprint density at radius 1 is 1.25 bits per heavy atom. The van der Waals surface area contributed by atoms with Gasteiger partial charge in [-0.25, -0.2) is 4.98 Å². The summed E-state index contributed by atoms with van der Waals surface area (Å²) in [5.74, 6) is 0. The van der Waals surface area contributed by atoms with Gasteiger partial charge in [0.15, 0.2) is 6.29 Å². The van der Waals surface area contributed by atoms with Crippen molar-refractivity contribution in [2.45, 2.75) is 58.8 Å². The molecule has 0 amide bonds. The zero-order chi connectivity index (χ0) is 15.2. The van der Waals surface area contributed by atoms with E-state index in [1.807, 2.05) is 20.9 Å². The second kappa shape index (κ2) is 8.08. The van der Waals surface area contributed by atoms with Gasteiger partial charge in [-0.1, -0.05) is 20.8 Å². The summed E-state index contributed by atoms with van der Waals surface area (Å²) in [4.78, 5) is 4.74. The van der Waals surface area contributed by atoms with Crippen molar-refractivity contribution < 1.29 is 9.47 Å². The first-order valence-corrected chi connectivity index (χ1v) is 8.15. The number of hydrogen-bond donors (Lipinski definition) is 1. The van der Waals surface area contributed by atoms with Crippen LogP contribution in [-0.4, -0.2) is 37.6 Å². The zero-order valence-corrected chi connectivity index (χ0v) is 14.3. The number of rotatable bonds is 8. The predicted molar refractivity (Wildman–Crippen MR) is 84.4 cm³/mol. The Bertz CT molecular complexity index is 381. The van der Waals surface area contributed by atoms with Crippen molar-refractivity contribution >= 4 is 11.3 Å². The van der Waals surface area contributed by atoms with Gasteiger partial charge >= 0.3 is 0 Å². The molecule has 0 spiro atoms. The Kier molecular flexibility index (Phi) is 7.09. The molecule has 116 valence electrons. The average Bonchev–Trinajstić information content (AvgIpc) is 2.84. The Morgan fingerprint density at radius 3 is 2.25 bits per heavy atom. The molecule has 0 saturated carbocycles. The second-order valence-electron chi connectivity index (χ2n) is 5.75. The minimum Gasteiger partial charge on any atom is -0.351 e. The van der Waals surface area contributed by atoms with Crippen LogP contribution in [0.5, 0.6) is 0 Å². The van der Waals surface area contributed by atoms with Gasteiger partial charge in [0.25, 0.3) is 0 Å². The lowest BCUT2D eigenvalue weighted by atomic mass is 9.93. The number of hydrogen-bond acceptors (Lipinski definition) is 5. The summed E-state index contributed by atoms with van der Waals surface area (Å²) >= 11 is 1.71. The van der Waals surface area contributed by atoms with E-state index in [0.29, 0.717) is 13.2 Å². The maximum Gasteiger partial charge on any atom is 0.173 e. The number of likely N-dealkylation sites (N-methyl/N-ethyl adjacent to an activating group) is 1. The molecule has 1 unspecified atom stereocenters. The highest BCUT2D eigenvalue weighted by atomic mass is 32.1. The molecule has 1 rings (SSSR count). The van der Waals surface area contributed by atoms with Crippen molar-refractivity contribution in [1.29, 1.82) is 0 Å². The standard InChI is InChI=1S/C15H28N2O2S/c1-7-18-14(19-8-2)11(16-6)9-13-17-12(10-20-13)15(3,4)5/h10-11,14,16H,7-9H2,1-6H3. The van der Waals surface area contributed by atoms with Crippen molar-refractivity contribution in [2.75, 3.05) is 20.3 Å². The van der Waals surface area contributed by atoms with Crippen LogP contribution in [0, 0.1) is 0 Å². The van der Waals surface area contributed by atoms with E-state index in [-0.39, 0.29) is 17.7 Å². The fourth-order valence-electron chi connectivity index (χ4n) is 1.88. The first kappa shape index (κ1) is 17.6. The van der Waals surface area contributed by atoms with Crippen LogP contribution in [0.15, 0.2) is 5.38 Å². The number of thiazole rings is 1. The van der Waals surface area contributed by atoms with Crippen LogP contribution in [0.3, 0.4) is 0 Å².